The summed E-state index contributed by atoms with van der Waals surface area (Å²) in [6, 6.07) is 2.05. The summed E-state index contributed by atoms with van der Waals surface area (Å²) in [5.74, 6) is 0.805. The smallest absolute Gasteiger partial charge is 0.121 e. The number of hydrogen-bond donors (Lipinski definition) is 2. The van der Waals surface area contributed by atoms with Gasteiger partial charge in [0.05, 0.1) is 0 Å². The number of phenols is 1. The molecule has 84 valence electrons. The molecule has 1 atom stereocenters. The minimum Gasteiger partial charge on any atom is -0.507 e. The van der Waals surface area contributed by atoms with Crippen LogP contribution in [0.5, 0.6) is 5.75 Å². The van der Waals surface area contributed by atoms with Crippen LogP contribution in [0, 0.1) is 26.7 Å². The molecule has 0 spiro atoms. The first-order valence-electron chi connectivity index (χ1n) is 5.41. The van der Waals surface area contributed by atoms with E-state index in [0.29, 0.717) is 11.7 Å². The second-order valence-corrected chi connectivity index (χ2v) is 4.65. The first-order valence-corrected chi connectivity index (χ1v) is 5.41. The summed E-state index contributed by atoms with van der Waals surface area (Å²) in [5.41, 5.74) is 10.3. The molecule has 3 N–H and O–H groups in total. The van der Waals surface area contributed by atoms with Gasteiger partial charge in [-0.05, 0) is 48.9 Å². The van der Waals surface area contributed by atoms with Crippen LogP contribution < -0.4 is 5.73 Å². The fourth-order valence-electron chi connectivity index (χ4n) is 1.81. The molecule has 2 nitrogen and oxygen atoms in total. The van der Waals surface area contributed by atoms with Gasteiger partial charge in [0.15, 0.2) is 0 Å². The number of phenolic OH excluding ortho intramolecular Hbond substituents is 1. The monoisotopic (exact) mass is 207 g/mol. The van der Waals surface area contributed by atoms with Gasteiger partial charge in [-0.15, -0.1) is 0 Å². The van der Waals surface area contributed by atoms with E-state index in [0.717, 1.165) is 22.3 Å². The van der Waals surface area contributed by atoms with Gasteiger partial charge < -0.3 is 10.8 Å². The van der Waals surface area contributed by atoms with Crippen LogP contribution in [0.25, 0.3) is 0 Å². The van der Waals surface area contributed by atoms with Crippen molar-refractivity contribution in [2.45, 2.75) is 40.7 Å². The zero-order valence-electron chi connectivity index (χ0n) is 10.3. The molecule has 2 heteroatoms. The van der Waals surface area contributed by atoms with Crippen molar-refractivity contribution in [1.29, 1.82) is 0 Å². The number of benzene rings is 1. The van der Waals surface area contributed by atoms with Crippen molar-refractivity contribution in [2.75, 3.05) is 0 Å². The van der Waals surface area contributed by atoms with Crippen LogP contribution in [0.4, 0.5) is 0 Å². The van der Waals surface area contributed by atoms with Crippen molar-refractivity contribution in [3.8, 4) is 5.75 Å². The number of hydrogen-bond acceptors (Lipinski definition) is 2. The van der Waals surface area contributed by atoms with E-state index in [9.17, 15) is 5.11 Å². The van der Waals surface area contributed by atoms with Crippen molar-refractivity contribution in [3.05, 3.63) is 28.3 Å². The SMILES string of the molecule is Cc1cc(C(N)C(C)C)c(C)c(C)c1O. The first-order chi connectivity index (χ1) is 6.86. The molecule has 0 saturated heterocycles. The second kappa shape index (κ2) is 4.23. The summed E-state index contributed by atoms with van der Waals surface area (Å²) in [4.78, 5) is 0. The Hall–Kier alpha value is -1.02. The highest BCUT2D eigenvalue weighted by atomic mass is 16.3. The molecule has 0 aliphatic heterocycles. The zero-order valence-corrected chi connectivity index (χ0v) is 10.3. The first kappa shape index (κ1) is 12.1. The zero-order chi connectivity index (χ0) is 11.7. The normalized spacial score (nSPS) is 13.3. The van der Waals surface area contributed by atoms with E-state index in [-0.39, 0.29) is 6.04 Å². The Balaban J connectivity index is 3.32. The lowest BCUT2D eigenvalue weighted by molar-refractivity contribution is 0.463. The predicted molar refractivity (Wildman–Crippen MR) is 64.1 cm³/mol. The highest BCUT2D eigenvalue weighted by Crippen LogP contribution is 2.32. The summed E-state index contributed by atoms with van der Waals surface area (Å²) in [7, 11) is 0. The molecule has 0 heterocycles. The van der Waals surface area contributed by atoms with Gasteiger partial charge in [-0.3, -0.25) is 0 Å². The van der Waals surface area contributed by atoms with E-state index in [1.54, 1.807) is 0 Å². The van der Waals surface area contributed by atoms with Crippen LogP contribution >= 0.6 is 0 Å². The Bertz CT molecular complexity index is 369. The molecule has 0 aliphatic carbocycles. The maximum absolute atomic E-state index is 9.79. The lowest BCUT2D eigenvalue weighted by atomic mass is 9.89. The van der Waals surface area contributed by atoms with E-state index >= 15 is 0 Å². The number of nitrogens with two attached hydrogens (primary N) is 1. The van der Waals surface area contributed by atoms with Gasteiger partial charge in [0.25, 0.3) is 0 Å². The third-order valence-electron chi connectivity index (χ3n) is 3.17. The van der Waals surface area contributed by atoms with Crippen molar-refractivity contribution in [1.82, 2.24) is 0 Å². The molecular weight excluding hydrogens is 186 g/mol. The van der Waals surface area contributed by atoms with Crippen molar-refractivity contribution in [3.63, 3.8) is 0 Å². The Morgan fingerprint density at radius 1 is 1.13 bits per heavy atom. The summed E-state index contributed by atoms with van der Waals surface area (Å²) in [6.07, 6.45) is 0. The molecule has 1 unspecified atom stereocenters. The summed E-state index contributed by atoms with van der Waals surface area (Å²) >= 11 is 0. The number of rotatable bonds is 2. The molecule has 0 fully saturated rings. The van der Waals surface area contributed by atoms with E-state index in [1.807, 2.05) is 26.8 Å². The van der Waals surface area contributed by atoms with Gasteiger partial charge in [0, 0.05) is 6.04 Å². The van der Waals surface area contributed by atoms with E-state index in [4.69, 9.17) is 5.73 Å². The largest absolute Gasteiger partial charge is 0.507 e. The Morgan fingerprint density at radius 3 is 2.13 bits per heavy atom. The molecule has 0 radical (unpaired) electrons. The molecule has 0 amide bonds. The number of aromatic hydroxyl groups is 1. The van der Waals surface area contributed by atoms with Gasteiger partial charge >= 0.3 is 0 Å². The van der Waals surface area contributed by atoms with Crippen LogP contribution in [-0.2, 0) is 0 Å². The molecule has 0 bridgehead atoms. The maximum atomic E-state index is 9.79. The van der Waals surface area contributed by atoms with Gasteiger partial charge in [0.2, 0.25) is 0 Å². The minimum atomic E-state index is 0.0444. The Labute approximate surface area is 92.1 Å². The van der Waals surface area contributed by atoms with Crippen LogP contribution in [0.1, 0.15) is 42.1 Å². The van der Waals surface area contributed by atoms with E-state index in [1.165, 1.54) is 0 Å². The van der Waals surface area contributed by atoms with Crippen LogP contribution in [0.3, 0.4) is 0 Å². The fraction of sp³-hybridized carbons (Fsp3) is 0.538. The highest BCUT2D eigenvalue weighted by Gasteiger charge is 2.16. The fourth-order valence-corrected chi connectivity index (χ4v) is 1.81. The molecule has 0 aromatic heterocycles. The lowest BCUT2D eigenvalue weighted by Crippen LogP contribution is -2.18. The van der Waals surface area contributed by atoms with Crippen molar-refractivity contribution >= 4 is 0 Å². The maximum Gasteiger partial charge on any atom is 0.121 e. The van der Waals surface area contributed by atoms with Crippen molar-refractivity contribution in [2.24, 2.45) is 11.7 Å². The van der Waals surface area contributed by atoms with Gasteiger partial charge in [-0.25, -0.2) is 0 Å². The minimum absolute atomic E-state index is 0.0444. The molecule has 15 heavy (non-hydrogen) atoms. The summed E-state index contributed by atoms with van der Waals surface area (Å²) in [6.45, 7) is 10.1. The molecule has 0 aliphatic rings. The Morgan fingerprint density at radius 2 is 1.67 bits per heavy atom. The van der Waals surface area contributed by atoms with Gasteiger partial charge in [-0.1, -0.05) is 19.9 Å². The second-order valence-electron chi connectivity index (χ2n) is 4.65. The van der Waals surface area contributed by atoms with Gasteiger partial charge in [0.1, 0.15) is 5.75 Å². The summed E-state index contributed by atoms with van der Waals surface area (Å²) in [5, 5.41) is 9.79. The van der Waals surface area contributed by atoms with E-state index in [2.05, 4.69) is 13.8 Å². The van der Waals surface area contributed by atoms with Crippen molar-refractivity contribution < 1.29 is 5.11 Å². The summed E-state index contributed by atoms with van der Waals surface area (Å²) < 4.78 is 0. The third-order valence-corrected chi connectivity index (χ3v) is 3.17. The molecule has 0 saturated carbocycles. The van der Waals surface area contributed by atoms with Crippen LogP contribution in [0.2, 0.25) is 0 Å². The number of aryl methyl sites for hydroxylation is 1. The molecule has 1 aromatic rings. The highest BCUT2D eigenvalue weighted by molar-refractivity contribution is 5.49. The third kappa shape index (κ3) is 2.15. The van der Waals surface area contributed by atoms with Gasteiger partial charge in [-0.2, -0.15) is 0 Å². The quantitative estimate of drug-likeness (QED) is 0.783. The van der Waals surface area contributed by atoms with E-state index < -0.39 is 0 Å². The average molecular weight is 207 g/mol. The average Bonchev–Trinajstić information content (AvgIpc) is 2.19. The lowest BCUT2D eigenvalue weighted by Gasteiger charge is -2.21. The predicted octanol–water partition coefficient (Wildman–Crippen LogP) is 2.97. The topological polar surface area (TPSA) is 46.2 Å². The molecular formula is C13H21NO. The molecule has 1 rings (SSSR count). The standard InChI is InChI=1S/C13H21NO/c1-7(2)12(14)11-6-8(3)13(15)10(5)9(11)4/h6-7,12,15H,14H2,1-5H3. The van der Waals surface area contributed by atoms with Crippen LogP contribution in [0.15, 0.2) is 6.07 Å². The molecule has 1 aromatic carbocycles. The van der Waals surface area contributed by atoms with Crippen LogP contribution in [-0.4, -0.2) is 5.11 Å². The Kier molecular flexibility index (Phi) is 3.40.